The summed E-state index contributed by atoms with van der Waals surface area (Å²) in [6, 6.07) is -1.47. The number of fused-ring (bicyclic) bond motifs is 2. The number of amides is 14. The number of nitrogens with two attached hydrogens (primary N) is 3. The molecular weight excluding hydrogens is 1250 g/mol. The molecule has 4 fully saturated rings. The lowest BCUT2D eigenvalue weighted by atomic mass is 9.85. The quantitative estimate of drug-likeness (QED) is 0.134. The van der Waals surface area contributed by atoms with Crippen molar-refractivity contribution in [2.75, 3.05) is 57.3 Å². The first kappa shape index (κ1) is 75.4. The van der Waals surface area contributed by atoms with Gasteiger partial charge in [-0.15, -0.1) is 23.1 Å². The van der Waals surface area contributed by atoms with E-state index in [4.69, 9.17) is 17.2 Å². The Morgan fingerprint density at radius 3 is 1.65 bits per heavy atom. The molecule has 0 saturated carbocycles. The average molecular weight is 1340 g/mol. The average Bonchev–Trinajstić information content (AvgIpc) is 1.75. The number of carbonyl (C=O) groups is 14. The van der Waals surface area contributed by atoms with E-state index in [-0.39, 0.29) is 50.0 Å². The van der Waals surface area contributed by atoms with E-state index in [0.29, 0.717) is 12.0 Å². The summed E-state index contributed by atoms with van der Waals surface area (Å²) in [5, 5.41) is 40.3. The zero-order chi connectivity index (χ0) is 69.6. The smallest absolute Gasteiger partial charge is 0.247 e. The Labute approximate surface area is 547 Å². The predicted octanol–water partition coefficient (Wildman–Crippen LogP) is -4.51. The third-order valence-corrected chi connectivity index (χ3v) is 17.8. The Morgan fingerprint density at radius 1 is 0.613 bits per heavy atom. The van der Waals surface area contributed by atoms with Crippen molar-refractivity contribution in [1.82, 2.24) is 68.3 Å². The third kappa shape index (κ3) is 20.9. The number of nitrogens with zero attached hydrogens (tertiary/aromatic N) is 2. The van der Waals surface area contributed by atoms with Gasteiger partial charge >= 0.3 is 0 Å². The summed E-state index contributed by atoms with van der Waals surface area (Å²) in [5.74, 6) is -9.91. The number of thiophene rings is 1. The maximum atomic E-state index is 14.0. The van der Waals surface area contributed by atoms with Gasteiger partial charge in [-0.3, -0.25) is 67.1 Å². The molecule has 2 aromatic rings. The Kier molecular flexibility index (Phi) is 26.4. The lowest BCUT2D eigenvalue weighted by Gasteiger charge is -2.36. The summed E-state index contributed by atoms with van der Waals surface area (Å²) < 4.78 is 0. The SMILES string of the molecule is C[C@@H]1C[C@H]2C(=O)NC(C)(C)C(=O)NCC(=O)N[C@H](CN)C(=O)N[C@@H](C(N)=O)CSCC(=O)N[C@@H](C(C)(C)C)C(=O)N2C1.Cc1ccsc1-c1ccc([C@H]2NC(=O)[C@@H]3C[C@@H](O)CN3C(=O)[C@H](C(C)(C)C)NC(=O)CNC(=O)[C@H](C)NC(=O)[C@@H](CN)NC(=O)CNC2=O)cc1. The van der Waals surface area contributed by atoms with Gasteiger partial charge in [0.15, 0.2) is 0 Å². The van der Waals surface area contributed by atoms with Gasteiger partial charge < -0.3 is 90.6 Å². The maximum absolute atomic E-state index is 14.0. The highest BCUT2D eigenvalue weighted by Crippen LogP contribution is 2.32. The van der Waals surface area contributed by atoms with Crippen molar-refractivity contribution in [3.63, 3.8) is 0 Å². The molecule has 18 N–H and O–H groups in total. The molecule has 93 heavy (non-hydrogen) atoms. The molecule has 0 spiro atoms. The van der Waals surface area contributed by atoms with Crippen molar-refractivity contribution in [1.29, 1.82) is 0 Å². The first-order chi connectivity index (χ1) is 43.4. The van der Waals surface area contributed by atoms with E-state index >= 15 is 0 Å². The minimum Gasteiger partial charge on any atom is -0.391 e. The van der Waals surface area contributed by atoms with E-state index in [1.807, 2.05) is 25.3 Å². The Balaban J connectivity index is 0.000000344. The molecule has 1 aromatic carbocycles. The monoisotopic (exact) mass is 1340 g/mol. The van der Waals surface area contributed by atoms with Crippen molar-refractivity contribution in [3.8, 4) is 10.4 Å². The zero-order valence-corrected chi connectivity index (χ0v) is 55.8. The molecular formula is C60H90N16O15S2. The second-order valence-corrected chi connectivity index (χ2v) is 28.1. The molecule has 5 heterocycles. The fraction of sp³-hybridized carbons (Fsp3) is 0.600. The number of aliphatic hydroxyl groups is 1. The fourth-order valence-corrected chi connectivity index (χ4v) is 12.2. The summed E-state index contributed by atoms with van der Waals surface area (Å²) in [6.07, 6.45) is -0.846. The molecule has 512 valence electrons. The summed E-state index contributed by atoms with van der Waals surface area (Å²) in [5.41, 5.74) is 16.1. The normalized spacial score (nSPS) is 27.7. The molecule has 0 radical (unpaired) electrons. The topological polar surface area (TPSA) is 476 Å². The van der Waals surface area contributed by atoms with Crippen LogP contribution in [-0.2, 0) is 67.1 Å². The molecule has 4 aliphatic rings. The van der Waals surface area contributed by atoms with Crippen LogP contribution >= 0.6 is 23.1 Å². The minimum atomic E-state index is -1.47. The van der Waals surface area contributed by atoms with E-state index in [1.54, 1.807) is 77.1 Å². The second-order valence-electron chi connectivity index (χ2n) is 26.1. The van der Waals surface area contributed by atoms with E-state index in [9.17, 15) is 72.2 Å². The Hall–Kier alpha value is -8.27. The number of aryl methyl sites for hydroxylation is 1. The van der Waals surface area contributed by atoms with Crippen molar-refractivity contribution in [2.45, 2.75) is 155 Å². The molecule has 33 heteroatoms. The van der Waals surface area contributed by atoms with Crippen LogP contribution in [0.25, 0.3) is 10.4 Å². The second kappa shape index (κ2) is 32.5. The van der Waals surface area contributed by atoms with Crippen LogP contribution in [0.2, 0.25) is 0 Å². The fourth-order valence-electron chi connectivity index (χ4n) is 10.4. The number of carbonyl (C=O) groups excluding carboxylic acids is 14. The number of rotatable bonds is 5. The molecule has 6 rings (SSSR count). The third-order valence-electron chi connectivity index (χ3n) is 15.7. The van der Waals surface area contributed by atoms with Gasteiger partial charge in [-0.25, -0.2) is 0 Å². The van der Waals surface area contributed by atoms with Gasteiger partial charge in [0.1, 0.15) is 59.9 Å². The zero-order valence-electron chi connectivity index (χ0n) is 54.2. The molecule has 0 aliphatic carbocycles. The highest BCUT2D eigenvalue weighted by Gasteiger charge is 2.47. The van der Waals surface area contributed by atoms with Gasteiger partial charge in [0.05, 0.1) is 31.5 Å². The molecule has 4 aliphatic heterocycles. The van der Waals surface area contributed by atoms with E-state index in [0.717, 1.165) is 27.8 Å². The highest BCUT2D eigenvalue weighted by atomic mass is 32.2. The number of hydrogen-bond donors (Lipinski definition) is 15. The highest BCUT2D eigenvalue weighted by molar-refractivity contribution is 8.00. The van der Waals surface area contributed by atoms with Crippen LogP contribution < -0.4 is 75.7 Å². The number of primary amides is 1. The summed E-state index contributed by atoms with van der Waals surface area (Å²) >= 11 is 2.56. The van der Waals surface area contributed by atoms with Crippen molar-refractivity contribution < 1.29 is 72.2 Å². The van der Waals surface area contributed by atoms with Gasteiger partial charge in [0.25, 0.3) is 0 Å². The summed E-state index contributed by atoms with van der Waals surface area (Å²) in [7, 11) is 0. The molecule has 1 aromatic heterocycles. The van der Waals surface area contributed by atoms with Crippen LogP contribution in [0.5, 0.6) is 0 Å². The Bertz CT molecular complexity index is 3150. The van der Waals surface area contributed by atoms with Gasteiger partial charge in [0.2, 0.25) is 82.7 Å². The van der Waals surface area contributed by atoms with Crippen molar-refractivity contribution >= 4 is 106 Å². The first-order valence-corrected chi connectivity index (χ1v) is 32.4. The van der Waals surface area contributed by atoms with Crippen LogP contribution in [0, 0.1) is 23.7 Å². The number of thioether (sulfide) groups is 1. The van der Waals surface area contributed by atoms with E-state index in [2.05, 4.69) is 58.5 Å². The van der Waals surface area contributed by atoms with Crippen LogP contribution in [0.1, 0.15) is 99.2 Å². The Morgan fingerprint density at radius 2 is 1.12 bits per heavy atom. The molecule has 14 amide bonds. The molecule has 31 nitrogen and oxygen atoms in total. The van der Waals surface area contributed by atoms with Crippen molar-refractivity contribution in [3.05, 3.63) is 46.8 Å². The van der Waals surface area contributed by atoms with Gasteiger partial charge in [-0.2, -0.15) is 0 Å². The largest absolute Gasteiger partial charge is 0.391 e. The number of hydrogen-bond acceptors (Lipinski definition) is 19. The van der Waals surface area contributed by atoms with E-state index < -0.39 is 179 Å². The van der Waals surface area contributed by atoms with Crippen molar-refractivity contribution in [2.24, 2.45) is 33.9 Å². The maximum Gasteiger partial charge on any atom is 0.247 e. The lowest BCUT2D eigenvalue weighted by Crippen LogP contribution is -2.62. The summed E-state index contributed by atoms with van der Waals surface area (Å²) in [4.78, 5) is 187. The summed E-state index contributed by atoms with van der Waals surface area (Å²) in [6.45, 7) is 16.4. The number of aliphatic hydroxyl groups excluding tert-OH is 1. The number of nitrogens with one attached hydrogen (secondary N) is 11. The van der Waals surface area contributed by atoms with Crippen LogP contribution in [0.4, 0.5) is 0 Å². The van der Waals surface area contributed by atoms with Gasteiger partial charge in [0, 0.05) is 43.2 Å². The standard InChI is InChI=1S/C34H46N8O8S.C26H44N8O7S/c1-17-10-11-51-27(17)20-8-6-19(7-9-20)26-32(49)37-14-24(44)39-22(13-35)30(47)38-18(2)29(46)36-15-25(45)40-28(34(3,4)5)33(50)42-16-21(43)12-23(42)31(48)41-26;1-13-7-16-22(39)33-26(5,6)24(41)29-9-17(35)30-14(8-27)21(38)31-15(20(28)37)11-42-12-18(36)32-19(25(2,3)4)23(40)34(16)10-13/h6-11,18,21-23,26,28,43H,12-16,35H2,1-5H3,(H,36,46)(H,37,49)(H,38,47)(H,39,44)(H,40,45)(H,41,48);13-16,19H,7-12,27H2,1-6H3,(H2,28,37)(H,29,41)(H,30,35)(H,31,38)(H,32,36)(H,33,39)/t18-,21+,22+,23-,26+,28+;13-,14-,15-,16+,19-/m01/s1. The van der Waals surface area contributed by atoms with Gasteiger partial charge in [-0.1, -0.05) is 72.7 Å². The first-order valence-electron chi connectivity index (χ1n) is 30.3. The minimum absolute atomic E-state index is 0.0146. The molecule has 4 saturated heterocycles. The van der Waals surface area contributed by atoms with Crippen LogP contribution in [0.3, 0.4) is 0 Å². The van der Waals surface area contributed by atoms with Crippen LogP contribution in [-0.4, -0.2) is 215 Å². The van der Waals surface area contributed by atoms with Crippen LogP contribution in [0.15, 0.2) is 35.7 Å². The number of benzene rings is 1. The molecule has 0 unspecified atom stereocenters. The van der Waals surface area contributed by atoms with E-state index in [1.165, 1.54) is 30.6 Å². The molecule has 0 bridgehead atoms. The van der Waals surface area contributed by atoms with Gasteiger partial charge in [-0.05, 0) is 79.0 Å². The predicted molar refractivity (Wildman–Crippen MR) is 343 cm³/mol. The lowest BCUT2D eigenvalue weighted by molar-refractivity contribution is -0.144. The molecule has 11 atom stereocenters.